The fraction of sp³-hybridized carbons (Fsp3) is 0.462. The fourth-order valence-electron chi connectivity index (χ4n) is 2.48. The zero-order valence-electron chi connectivity index (χ0n) is 9.49. The Morgan fingerprint density at radius 3 is 3.06 bits per heavy atom. The molecule has 0 spiro atoms. The van der Waals surface area contributed by atoms with Crippen molar-refractivity contribution in [2.24, 2.45) is 0 Å². The Labute approximate surface area is 95.5 Å². The van der Waals surface area contributed by atoms with E-state index >= 15 is 0 Å². The second-order valence-corrected chi connectivity index (χ2v) is 4.20. The van der Waals surface area contributed by atoms with Crippen LogP contribution in [0.1, 0.15) is 36.1 Å². The van der Waals surface area contributed by atoms with E-state index in [9.17, 15) is 4.79 Å². The van der Waals surface area contributed by atoms with Crippen molar-refractivity contribution in [2.75, 3.05) is 6.54 Å². The van der Waals surface area contributed by atoms with Gasteiger partial charge < -0.3 is 10.4 Å². The van der Waals surface area contributed by atoms with Crippen molar-refractivity contribution in [2.45, 2.75) is 32.2 Å². The summed E-state index contributed by atoms with van der Waals surface area (Å²) >= 11 is 0. The molecule has 1 aliphatic carbocycles. The maximum Gasteiger partial charge on any atom is 0.317 e. The molecule has 0 fully saturated rings. The molecule has 0 saturated heterocycles. The number of rotatable bonds is 4. The largest absolute Gasteiger partial charge is 0.480 e. The Balaban J connectivity index is 2.16. The number of carboxylic acids is 1. The molecule has 0 bridgehead atoms. The molecule has 3 heteroatoms. The van der Waals surface area contributed by atoms with Gasteiger partial charge in [0.1, 0.15) is 0 Å². The van der Waals surface area contributed by atoms with Gasteiger partial charge in [0.15, 0.2) is 0 Å². The minimum Gasteiger partial charge on any atom is -0.480 e. The van der Waals surface area contributed by atoms with E-state index in [0.29, 0.717) is 0 Å². The van der Waals surface area contributed by atoms with Crippen LogP contribution in [0.3, 0.4) is 0 Å². The number of hydrogen-bond donors (Lipinski definition) is 2. The zero-order chi connectivity index (χ0) is 11.5. The molecule has 3 nitrogen and oxygen atoms in total. The first-order valence-electron chi connectivity index (χ1n) is 5.78. The first-order valence-corrected chi connectivity index (χ1v) is 5.78. The lowest BCUT2D eigenvalue weighted by Gasteiger charge is -2.13. The molecular weight excluding hydrogens is 202 g/mol. The van der Waals surface area contributed by atoms with E-state index < -0.39 is 5.97 Å². The minimum absolute atomic E-state index is 0.0421. The van der Waals surface area contributed by atoms with Crippen LogP contribution in [0.4, 0.5) is 0 Å². The Morgan fingerprint density at radius 1 is 1.56 bits per heavy atom. The Hall–Kier alpha value is -1.35. The van der Waals surface area contributed by atoms with E-state index in [2.05, 4.69) is 30.4 Å². The lowest BCUT2D eigenvalue weighted by Crippen LogP contribution is -2.25. The molecule has 1 aliphatic rings. The van der Waals surface area contributed by atoms with Crippen molar-refractivity contribution in [3.8, 4) is 0 Å². The normalized spacial score (nSPS) is 18.4. The Bertz CT molecular complexity index is 401. The topological polar surface area (TPSA) is 49.3 Å². The van der Waals surface area contributed by atoms with Gasteiger partial charge in [0.2, 0.25) is 0 Å². The number of fused-ring (bicyclic) bond motifs is 1. The van der Waals surface area contributed by atoms with Crippen LogP contribution in [-0.4, -0.2) is 17.6 Å². The maximum atomic E-state index is 10.5. The Morgan fingerprint density at radius 2 is 2.38 bits per heavy atom. The van der Waals surface area contributed by atoms with Crippen LogP contribution in [0.5, 0.6) is 0 Å². The van der Waals surface area contributed by atoms with Gasteiger partial charge in [-0.1, -0.05) is 25.1 Å². The molecule has 86 valence electrons. The van der Waals surface area contributed by atoms with E-state index in [1.807, 2.05) is 0 Å². The van der Waals surface area contributed by atoms with Gasteiger partial charge in [-0.3, -0.25) is 4.79 Å². The molecular formula is C13H17NO2. The van der Waals surface area contributed by atoms with Gasteiger partial charge in [-0.05, 0) is 36.0 Å². The molecule has 0 aromatic heterocycles. The average Bonchev–Trinajstić information content (AvgIpc) is 2.69. The highest BCUT2D eigenvalue weighted by Crippen LogP contribution is 2.33. The van der Waals surface area contributed by atoms with E-state index in [-0.39, 0.29) is 12.6 Å². The molecule has 2 N–H and O–H groups in total. The predicted octanol–water partition coefficient (Wildman–Crippen LogP) is 1.91. The van der Waals surface area contributed by atoms with Crippen molar-refractivity contribution in [1.29, 1.82) is 0 Å². The summed E-state index contributed by atoms with van der Waals surface area (Å²) in [5.74, 6) is -0.792. The highest BCUT2D eigenvalue weighted by Gasteiger charge is 2.23. The van der Waals surface area contributed by atoms with Crippen LogP contribution in [0, 0.1) is 0 Å². The van der Waals surface area contributed by atoms with E-state index in [1.165, 1.54) is 16.7 Å². The number of benzene rings is 1. The first kappa shape index (κ1) is 11.1. The SMILES string of the molecule is CCc1cccc2c1CCC2NCC(=O)O. The highest BCUT2D eigenvalue weighted by atomic mass is 16.4. The monoisotopic (exact) mass is 219 g/mol. The third-order valence-electron chi connectivity index (χ3n) is 3.25. The van der Waals surface area contributed by atoms with Gasteiger partial charge in [-0.2, -0.15) is 0 Å². The summed E-state index contributed by atoms with van der Waals surface area (Å²) in [6.45, 7) is 2.20. The molecule has 0 saturated carbocycles. The molecule has 1 aromatic carbocycles. The smallest absolute Gasteiger partial charge is 0.317 e. The predicted molar refractivity (Wildman–Crippen MR) is 62.5 cm³/mol. The summed E-state index contributed by atoms with van der Waals surface area (Å²) in [4.78, 5) is 10.5. The fourth-order valence-corrected chi connectivity index (χ4v) is 2.48. The van der Waals surface area contributed by atoms with Gasteiger partial charge in [0.05, 0.1) is 6.54 Å². The molecule has 1 unspecified atom stereocenters. The highest BCUT2D eigenvalue weighted by molar-refractivity contribution is 5.69. The zero-order valence-corrected chi connectivity index (χ0v) is 9.49. The van der Waals surface area contributed by atoms with Gasteiger partial charge in [-0.15, -0.1) is 0 Å². The summed E-state index contributed by atoms with van der Waals surface area (Å²) in [5, 5.41) is 11.7. The molecule has 0 aliphatic heterocycles. The first-order chi connectivity index (χ1) is 7.72. The molecule has 2 rings (SSSR count). The lowest BCUT2D eigenvalue weighted by molar-refractivity contribution is -0.136. The van der Waals surface area contributed by atoms with Gasteiger partial charge in [-0.25, -0.2) is 0 Å². The summed E-state index contributed by atoms with van der Waals surface area (Å²) in [7, 11) is 0. The van der Waals surface area contributed by atoms with E-state index in [0.717, 1.165) is 19.3 Å². The summed E-state index contributed by atoms with van der Waals surface area (Å²) in [6, 6.07) is 6.57. The number of carboxylic acid groups (broad SMARTS) is 1. The molecule has 1 atom stereocenters. The van der Waals surface area contributed by atoms with Crippen molar-refractivity contribution in [3.63, 3.8) is 0 Å². The van der Waals surface area contributed by atoms with E-state index in [4.69, 9.17) is 5.11 Å². The standard InChI is InChI=1S/C13H17NO2/c1-2-9-4-3-5-11-10(9)6-7-12(11)14-8-13(15)16/h3-5,12,14H,2,6-8H2,1H3,(H,15,16). The summed E-state index contributed by atoms with van der Waals surface area (Å²) < 4.78 is 0. The maximum absolute atomic E-state index is 10.5. The minimum atomic E-state index is -0.792. The van der Waals surface area contributed by atoms with Crippen molar-refractivity contribution < 1.29 is 9.90 Å². The van der Waals surface area contributed by atoms with Crippen LogP contribution in [-0.2, 0) is 17.6 Å². The number of aryl methyl sites for hydroxylation is 1. The third kappa shape index (κ3) is 2.09. The van der Waals surface area contributed by atoms with Crippen LogP contribution < -0.4 is 5.32 Å². The van der Waals surface area contributed by atoms with Crippen LogP contribution in [0.15, 0.2) is 18.2 Å². The van der Waals surface area contributed by atoms with Crippen molar-refractivity contribution >= 4 is 5.97 Å². The molecule has 0 amide bonds. The quantitative estimate of drug-likeness (QED) is 0.813. The molecule has 0 heterocycles. The van der Waals surface area contributed by atoms with Crippen LogP contribution >= 0.6 is 0 Å². The van der Waals surface area contributed by atoms with Crippen molar-refractivity contribution in [1.82, 2.24) is 5.32 Å². The third-order valence-corrected chi connectivity index (χ3v) is 3.25. The van der Waals surface area contributed by atoms with E-state index in [1.54, 1.807) is 0 Å². The van der Waals surface area contributed by atoms with Gasteiger partial charge in [0.25, 0.3) is 0 Å². The number of aliphatic carboxylic acids is 1. The second-order valence-electron chi connectivity index (χ2n) is 4.20. The summed E-state index contributed by atoms with van der Waals surface area (Å²) in [6.07, 6.45) is 3.13. The molecule has 1 aromatic rings. The van der Waals surface area contributed by atoms with Crippen molar-refractivity contribution in [3.05, 3.63) is 34.9 Å². The number of carbonyl (C=O) groups is 1. The van der Waals surface area contributed by atoms with Crippen LogP contribution in [0.2, 0.25) is 0 Å². The Kier molecular flexibility index (Phi) is 3.25. The van der Waals surface area contributed by atoms with Gasteiger partial charge >= 0.3 is 5.97 Å². The second kappa shape index (κ2) is 4.66. The average molecular weight is 219 g/mol. The van der Waals surface area contributed by atoms with Crippen LogP contribution in [0.25, 0.3) is 0 Å². The lowest BCUT2D eigenvalue weighted by atomic mass is 10.0. The number of nitrogens with one attached hydrogen (secondary N) is 1. The molecule has 0 radical (unpaired) electrons. The molecule has 16 heavy (non-hydrogen) atoms. The summed E-state index contributed by atoms with van der Waals surface area (Å²) in [5.41, 5.74) is 4.12. The number of hydrogen-bond acceptors (Lipinski definition) is 2. The van der Waals surface area contributed by atoms with Gasteiger partial charge in [0, 0.05) is 6.04 Å².